The summed E-state index contributed by atoms with van der Waals surface area (Å²) >= 11 is 0. The molecule has 0 amide bonds. The van der Waals surface area contributed by atoms with Crippen molar-refractivity contribution in [3.05, 3.63) is 170 Å². The van der Waals surface area contributed by atoms with Crippen molar-refractivity contribution in [3.8, 4) is 0 Å². The van der Waals surface area contributed by atoms with Crippen LogP contribution < -0.4 is 20.2 Å². The summed E-state index contributed by atoms with van der Waals surface area (Å²) in [5, 5.41) is 13.0. The zero-order valence-corrected chi connectivity index (χ0v) is 25.6. The molecule has 0 spiro atoms. The van der Waals surface area contributed by atoms with Gasteiger partial charge in [-0.25, -0.2) is 0 Å². The number of hydrogen-bond donors (Lipinski definition) is 0. The smallest absolute Gasteiger partial charge is 0.0467 e. The van der Waals surface area contributed by atoms with E-state index >= 15 is 0 Å². The van der Waals surface area contributed by atoms with E-state index in [0.29, 0.717) is 0 Å². The highest BCUT2D eigenvalue weighted by Crippen LogP contribution is 2.40. The fraction of sp³-hybridized carbons (Fsp3) is 0.0476. The summed E-state index contributed by atoms with van der Waals surface area (Å²) in [6, 6.07) is 40.1. The average molecular weight is 567 g/mol. The fourth-order valence-corrected chi connectivity index (χ4v) is 7.36. The average Bonchev–Trinajstić information content (AvgIpc) is 3.55. The van der Waals surface area contributed by atoms with Gasteiger partial charge in [-0.05, 0) is 22.8 Å². The first kappa shape index (κ1) is 27.2. The van der Waals surface area contributed by atoms with E-state index in [2.05, 4.69) is 158 Å². The molecule has 0 saturated carbocycles. The van der Waals surface area contributed by atoms with Crippen molar-refractivity contribution >= 4 is 65.6 Å². The van der Waals surface area contributed by atoms with Crippen molar-refractivity contribution < 1.29 is 0 Å². The summed E-state index contributed by atoms with van der Waals surface area (Å²) in [5.74, 6) is 0. The molecule has 2 heteroatoms. The molecule has 2 aliphatic rings. The number of anilines is 2. The third-order valence-electron chi connectivity index (χ3n) is 9.29. The highest BCUT2D eigenvalue weighted by molar-refractivity contribution is 6.22. The lowest BCUT2D eigenvalue weighted by molar-refractivity contribution is 1.13. The summed E-state index contributed by atoms with van der Waals surface area (Å²) < 4.78 is 0. The topological polar surface area (TPSA) is 6.48 Å². The molecule has 9 rings (SSSR count). The van der Waals surface area contributed by atoms with Crippen LogP contribution in [0.25, 0.3) is 54.2 Å². The minimum atomic E-state index is 0. The van der Waals surface area contributed by atoms with Gasteiger partial charge in [-0.1, -0.05) is 187 Å². The molecule has 0 aliphatic carbocycles. The van der Waals surface area contributed by atoms with Gasteiger partial charge in [0.05, 0.1) is 0 Å². The van der Waals surface area contributed by atoms with Crippen molar-refractivity contribution in [1.29, 1.82) is 0 Å². The minimum absolute atomic E-state index is 0. The molecular weight excluding hydrogens is 532 g/mol. The molecule has 0 fully saturated rings. The Kier molecular flexibility index (Phi) is 6.19. The van der Waals surface area contributed by atoms with Crippen LogP contribution in [0.15, 0.2) is 134 Å². The number of benzene rings is 5. The lowest BCUT2D eigenvalue weighted by Crippen LogP contribution is -2.31. The second-order valence-corrected chi connectivity index (χ2v) is 11.5. The number of hydrogen-bond acceptors (Lipinski definition) is 2. The summed E-state index contributed by atoms with van der Waals surface area (Å²) in [4.78, 5) is 4.53. The van der Waals surface area contributed by atoms with Crippen LogP contribution in [0.3, 0.4) is 0 Å². The molecule has 2 heterocycles. The first-order valence-electron chi connectivity index (χ1n) is 14.6. The Morgan fingerprint density at radius 3 is 1.05 bits per heavy atom. The van der Waals surface area contributed by atoms with Crippen molar-refractivity contribution in [2.24, 2.45) is 0 Å². The Morgan fingerprint density at radius 1 is 0.432 bits per heavy atom. The van der Waals surface area contributed by atoms with Gasteiger partial charge < -0.3 is 9.80 Å². The lowest BCUT2D eigenvalue weighted by Gasteiger charge is -2.30. The van der Waals surface area contributed by atoms with E-state index in [0.717, 1.165) is 0 Å². The maximum absolute atomic E-state index is 2.41. The number of rotatable bonds is 2. The first-order valence-corrected chi connectivity index (χ1v) is 14.6. The van der Waals surface area contributed by atoms with Gasteiger partial charge in [0.2, 0.25) is 0 Å². The summed E-state index contributed by atoms with van der Waals surface area (Å²) in [7, 11) is 4.32. The van der Waals surface area contributed by atoms with E-state index in [-0.39, 0.29) is 14.9 Å². The Balaban J connectivity index is 0.00000156. The summed E-state index contributed by atoms with van der Waals surface area (Å²) in [5.41, 5.74) is 7.63. The molecule has 0 saturated heterocycles. The molecular formula is C42H34N2. The third kappa shape index (κ3) is 3.61. The van der Waals surface area contributed by atoms with Crippen LogP contribution in [-0.4, -0.2) is 14.1 Å². The van der Waals surface area contributed by atoms with Gasteiger partial charge in [0, 0.05) is 40.3 Å². The normalized spacial score (nSPS) is 13.9. The highest BCUT2D eigenvalue weighted by atomic mass is 15.1. The molecule has 7 aromatic rings. The Bertz CT molecular complexity index is 2160. The predicted octanol–water partition coefficient (Wildman–Crippen LogP) is 8.96. The second-order valence-electron chi connectivity index (χ2n) is 11.5. The molecule has 0 atom stereocenters. The first-order chi connectivity index (χ1) is 20.7. The maximum atomic E-state index is 2.41. The number of nitrogens with zero attached hydrogens (tertiary/aromatic N) is 2. The number of fused-ring (bicyclic) bond motifs is 8. The van der Waals surface area contributed by atoms with E-state index < -0.39 is 0 Å². The Labute approximate surface area is 259 Å². The SMILES string of the molecule is CN1C=CC([c-]2c3ccccc3c3ccccc32)=c2cc3c(cc21)=C([c-]1c2ccccc2c2ccccc21)C=CN3C.[CH3+].[CH3+]. The number of allylic oxidation sites excluding steroid dienone is 2. The standard InChI is InChI=1S/C40H28N2.2CH3/c1-41-21-19-33(39-29-15-7-3-11-25(29)26-12-4-8-16-30(26)39)35-24-38-36(23-37(35)41)34(20-22-42(38)2)40-31-17-9-5-13-27(31)28-14-6-10-18-32(28)40;;/h3-24H,1-2H3;2*1H3/q-2;2*+1. The highest BCUT2D eigenvalue weighted by Gasteiger charge is 2.18. The van der Waals surface area contributed by atoms with E-state index in [1.54, 1.807) is 0 Å². The van der Waals surface area contributed by atoms with Crippen LogP contribution in [0.2, 0.25) is 0 Å². The molecule has 44 heavy (non-hydrogen) atoms. The van der Waals surface area contributed by atoms with Crippen LogP contribution in [-0.2, 0) is 0 Å². The summed E-state index contributed by atoms with van der Waals surface area (Å²) in [6.45, 7) is 0. The monoisotopic (exact) mass is 566 g/mol. The molecule has 7 aromatic carbocycles. The van der Waals surface area contributed by atoms with Crippen LogP contribution in [0.1, 0.15) is 11.1 Å². The molecule has 2 nitrogen and oxygen atoms in total. The zero-order chi connectivity index (χ0) is 27.9. The molecule has 0 radical (unpaired) electrons. The van der Waals surface area contributed by atoms with Gasteiger partial charge in [0.15, 0.2) is 0 Å². The van der Waals surface area contributed by atoms with Gasteiger partial charge in [0.1, 0.15) is 0 Å². The van der Waals surface area contributed by atoms with Gasteiger partial charge in [-0.3, -0.25) is 0 Å². The Morgan fingerprint density at radius 2 is 0.727 bits per heavy atom. The zero-order valence-electron chi connectivity index (χ0n) is 25.6. The van der Waals surface area contributed by atoms with Gasteiger partial charge >= 0.3 is 0 Å². The van der Waals surface area contributed by atoms with Crippen LogP contribution in [0.4, 0.5) is 11.4 Å². The van der Waals surface area contributed by atoms with E-state index in [4.69, 9.17) is 0 Å². The van der Waals surface area contributed by atoms with Crippen LogP contribution in [0.5, 0.6) is 0 Å². The fourth-order valence-electron chi connectivity index (χ4n) is 7.36. The lowest BCUT2D eigenvalue weighted by atomic mass is 9.93. The molecule has 0 bridgehead atoms. The van der Waals surface area contributed by atoms with Crippen molar-refractivity contribution in [2.45, 2.75) is 0 Å². The van der Waals surface area contributed by atoms with Crippen LogP contribution in [0, 0.1) is 14.9 Å². The van der Waals surface area contributed by atoms with E-state index in [9.17, 15) is 0 Å². The van der Waals surface area contributed by atoms with E-state index in [1.807, 2.05) is 0 Å². The van der Waals surface area contributed by atoms with Gasteiger partial charge in [-0.2, -0.15) is 0 Å². The molecule has 0 aromatic heterocycles. The van der Waals surface area contributed by atoms with Crippen molar-refractivity contribution in [3.63, 3.8) is 0 Å². The van der Waals surface area contributed by atoms with Gasteiger partial charge in [-0.15, -0.1) is 0 Å². The predicted molar refractivity (Wildman–Crippen MR) is 193 cm³/mol. The van der Waals surface area contributed by atoms with E-state index in [1.165, 1.54) is 87.2 Å². The van der Waals surface area contributed by atoms with Crippen LogP contribution >= 0.6 is 0 Å². The van der Waals surface area contributed by atoms with Gasteiger partial charge in [0.25, 0.3) is 0 Å². The largest absolute Gasteiger partial charge is 0.360 e. The summed E-state index contributed by atoms with van der Waals surface area (Å²) in [6.07, 6.45) is 9.03. The quantitative estimate of drug-likeness (QED) is 0.193. The Hall–Kier alpha value is -5.60. The van der Waals surface area contributed by atoms with Crippen molar-refractivity contribution in [2.75, 3.05) is 23.9 Å². The third-order valence-corrected chi connectivity index (χ3v) is 9.29. The molecule has 2 aliphatic heterocycles. The maximum Gasteiger partial charge on any atom is 0.0467 e. The molecule has 212 valence electrons. The minimum Gasteiger partial charge on any atom is -0.360 e. The molecule has 0 N–H and O–H groups in total. The second kappa shape index (κ2) is 10.00. The van der Waals surface area contributed by atoms with Crippen molar-refractivity contribution in [1.82, 2.24) is 0 Å². The molecule has 0 unspecified atom stereocenters.